The van der Waals surface area contributed by atoms with Gasteiger partial charge in [0.2, 0.25) is 0 Å². The summed E-state index contributed by atoms with van der Waals surface area (Å²) >= 11 is 0. The molecule has 4 unspecified atom stereocenters. The molecule has 160 valence electrons. The van der Waals surface area contributed by atoms with Crippen molar-refractivity contribution in [1.82, 2.24) is 9.80 Å². The summed E-state index contributed by atoms with van der Waals surface area (Å²) in [5, 5.41) is 0. The minimum absolute atomic E-state index is 0.460. The molecule has 0 aliphatic carbocycles. The van der Waals surface area contributed by atoms with Crippen molar-refractivity contribution in [3.8, 4) is 0 Å². The van der Waals surface area contributed by atoms with Gasteiger partial charge in [0, 0.05) is 31.2 Å². The van der Waals surface area contributed by atoms with Crippen LogP contribution in [-0.4, -0.2) is 47.6 Å². The second kappa shape index (κ2) is 10.1. The van der Waals surface area contributed by atoms with Gasteiger partial charge in [-0.05, 0) is 81.6 Å². The van der Waals surface area contributed by atoms with Crippen LogP contribution in [0, 0.1) is 29.6 Å². The molecule has 2 rings (SSSR count). The smallest absolute Gasteiger partial charge is 0.0184 e. The molecular weight excluding hydrogens is 328 g/mol. The fraction of sp³-hybridized carbons (Fsp3) is 1.00. The molecular formula is C25H50N2. The van der Waals surface area contributed by atoms with E-state index in [4.69, 9.17) is 0 Å². The lowest BCUT2D eigenvalue weighted by Gasteiger charge is -2.38. The van der Waals surface area contributed by atoms with Crippen LogP contribution in [0.4, 0.5) is 0 Å². The Morgan fingerprint density at radius 1 is 0.889 bits per heavy atom. The Kier molecular flexibility index (Phi) is 8.68. The molecule has 2 nitrogen and oxygen atoms in total. The fourth-order valence-corrected chi connectivity index (χ4v) is 6.26. The first kappa shape index (κ1) is 23.2. The lowest BCUT2D eigenvalue weighted by atomic mass is 9.86. The van der Waals surface area contributed by atoms with E-state index in [0.29, 0.717) is 5.54 Å². The van der Waals surface area contributed by atoms with E-state index in [2.05, 4.69) is 65.2 Å². The number of likely N-dealkylation sites (tertiary alicyclic amines) is 2. The molecule has 2 saturated heterocycles. The first-order valence-corrected chi connectivity index (χ1v) is 12.1. The molecule has 4 atom stereocenters. The van der Waals surface area contributed by atoms with Crippen molar-refractivity contribution >= 4 is 0 Å². The lowest BCUT2D eigenvalue weighted by molar-refractivity contribution is 0.107. The third kappa shape index (κ3) is 7.03. The zero-order valence-electron chi connectivity index (χ0n) is 19.9. The molecule has 0 aromatic heterocycles. The lowest BCUT2D eigenvalue weighted by Crippen LogP contribution is -2.44. The molecule has 0 bridgehead atoms. The summed E-state index contributed by atoms with van der Waals surface area (Å²) in [6.07, 6.45) is 8.42. The normalized spacial score (nSPS) is 31.7. The number of hydrogen-bond donors (Lipinski definition) is 0. The van der Waals surface area contributed by atoms with E-state index < -0.39 is 0 Å². The van der Waals surface area contributed by atoms with Crippen LogP contribution in [0.15, 0.2) is 0 Å². The third-order valence-electron chi connectivity index (χ3n) is 6.98. The molecule has 2 fully saturated rings. The van der Waals surface area contributed by atoms with E-state index in [0.717, 1.165) is 35.6 Å². The maximum Gasteiger partial charge on any atom is 0.0184 e. The molecule has 0 saturated carbocycles. The van der Waals surface area contributed by atoms with E-state index in [1.54, 1.807) is 0 Å². The Bertz CT molecular complexity index is 412. The van der Waals surface area contributed by atoms with Crippen LogP contribution in [-0.2, 0) is 0 Å². The number of rotatable bonds is 10. The first-order chi connectivity index (χ1) is 12.6. The average molecular weight is 379 g/mol. The quantitative estimate of drug-likeness (QED) is 0.440. The van der Waals surface area contributed by atoms with E-state index in [9.17, 15) is 0 Å². The van der Waals surface area contributed by atoms with Crippen LogP contribution in [0.2, 0.25) is 0 Å². The van der Waals surface area contributed by atoms with Crippen molar-refractivity contribution in [3.05, 3.63) is 0 Å². The minimum Gasteiger partial charge on any atom is -0.300 e. The highest BCUT2D eigenvalue weighted by Crippen LogP contribution is 2.37. The second-order valence-electron chi connectivity index (χ2n) is 11.7. The monoisotopic (exact) mass is 378 g/mol. The fourth-order valence-electron chi connectivity index (χ4n) is 6.26. The topological polar surface area (TPSA) is 6.48 Å². The summed E-state index contributed by atoms with van der Waals surface area (Å²) in [6, 6.07) is 0.836. The third-order valence-corrected chi connectivity index (χ3v) is 6.98. The van der Waals surface area contributed by atoms with Gasteiger partial charge >= 0.3 is 0 Å². The van der Waals surface area contributed by atoms with Crippen molar-refractivity contribution in [2.45, 2.75) is 105 Å². The van der Waals surface area contributed by atoms with Gasteiger partial charge in [0.05, 0.1) is 0 Å². The van der Waals surface area contributed by atoms with Gasteiger partial charge in [0.15, 0.2) is 0 Å². The summed E-state index contributed by atoms with van der Waals surface area (Å²) < 4.78 is 0. The van der Waals surface area contributed by atoms with E-state index in [1.807, 2.05) is 0 Å². The largest absolute Gasteiger partial charge is 0.300 e. The van der Waals surface area contributed by atoms with Gasteiger partial charge in [-0.1, -0.05) is 48.5 Å². The second-order valence-corrected chi connectivity index (χ2v) is 11.7. The molecule has 2 heteroatoms. The van der Waals surface area contributed by atoms with Crippen molar-refractivity contribution in [3.63, 3.8) is 0 Å². The van der Waals surface area contributed by atoms with Crippen molar-refractivity contribution in [2.75, 3.05) is 26.2 Å². The zero-order valence-corrected chi connectivity index (χ0v) is 19.9. The van der Waals surface area contributed by atoms with Crippen LogP contribution in [0.3, 0.4) is 0 Å². The summed E-state index contributed by atoms with van der Waals surface area (Å²) in [5.74, 6) is 4.17. The highest BCUT2D eigenvalue weighted by Gasteiger charge is 2.38. The molecule has 2 aliphatic rings. The minimum atomic E-state index is 0.460. The van der Waals surface area contributed by atoms with Gasteiger partial charge < -0.3 is 0 Å². The van der Waals surface area contributed by atoms with Gasteiger partial charge in [0.25, 0.3) is 0 Å². The summed E-state index contributed by atoms with van der Waals surface area (Å²) in [5.41, 5.74) is 0.460. The molecule has 2 heterocycles. The maximum atomic E-state index is 2.85. The van der Waals surface area contributed by atoms with Crippen LogP contribution in [0.5, 0.6) is 0 Å². The number of nitrogens with zero attached hydrogens (tertiary/aromatic N) is 2. The zero-order chi connectivity index (χ0) is 20.2. The van der Waals surface area contributed by atoms with Crippen molar-refractivity contribution in [2.24, 2.45) is 29.6 Å². The Morgan fingerprint density at radius 2 is 1.59 bits per heavy atom. The maximum absolute atomic E-state index is 2.85. The molecule has 0 amide bonds. The van der Waals surface area contributed by atoms with Gasteiger partial charge in [-0.15, -0.1) is 0 Å². The number of hydrogen-bond acceptors (Lipinski definition) is 2. The molecule has 27 heavy (non-hydrogen) atoms. The average Bonchev–Trinajstić information content (AvgIpc) is 3.01. The first-order valence-electron chi connectivity index (χ1n) is 12.1. The SMILES string of the molecule is CC(C)CC1CC(CC(C)CN2CCCC2(C)CC(C)C)CN1CC(C)C. The van der Waals surface area contributed by atoms with Gasteiger partial charge in [0.1, 0.15) is 0 Å². The standard InChI is InChI=1S/C25H50N2/c1-19(2)12-24-14-23(18-26(24)16-21(5)6)13-22(7)17-27-11-9-10-25(27,8)15-20(3)4/h19-24H,9-18H2,1-8H3. The Hall–Kier alpha value is -0.0800. The molecule has 0 aromatic rings. The van der Waals surface area contributed by atoms with E-state index in [1.165, 1.54) is 64.7 Å². The molecule has 0 spiro atoms. The molecule has 0 radical (unpaired) electrons. The molecule has 0 N–H and O–H groups in total. The predicted octanol–water partition coefficient (Wildman–Crippen LogP) is 6.31. The van der Waals surface area contributed by atoms with Gasteiger partial charge in [-0.3, -0.25) is 9.80 Å². The van der Waals surface area contributed by atoms with E-state index in [-0.39, 0.29) is 0 Å². The highest BCUT2D eigenvalue weighted by molar-refractivity contribution is 4.94. The predicted molar refractivity (Wildman–Crippen MR) is 120 cm³/mol. The Balaban J connectivity index is 1.88. The van der Waals surface area contributed by atoms with Crippen LogP contribution in [0.25, 0.3) is 0 Å². The van der Waals surface area contributed by atoms with Gasteiger partial charge in [-0.25, -0.2) is 0 Å². The molecule has 2 aliphatic heterocycles. The molecule has 0 aromatic carbocycles. The summed E-state index contributed by atoms with van der Waals surface area (Å²) in [7, 11) is 0. The highest BCUT2D eigenvalue weighted by atomic mass is 15.2. The van der Waals surface area contributed by atoms with Gasteiger partial charge in [-0.2, -0.15) is 0 Å². The summed E-state index contributed by atoms with van der Waals surface area (Å²) in [6.45, 7) is 24.7. The van der Waals surface area contributed by atoms with Crippen LogP contribution < -0.4 is 0 Å². The summed E-state index contributed by atoms with van der Waals surface area (Å²) in [4.78, 5) is 5.69. The van der Waals surface area contributed by atoms with Crippen molar-refractivity contribution in [1.29, 1.82) is 0 Å². The van der Waals surface area contributed by atoms with Crippen LogP contribution >= 0.6 is 0 Å². The Labute approximate surface area is 171 Å². The Morgan fingerprint density at radius 3 is 2.19 bits per heavy atom. The van der Waals surface area contributed by atoms with Crippen LogP contribution in [0.1, 0.15) is 93.9 Å². The van der Waals surface area contributed by atoms with E-state index >= 15 is 0 Å². The van der Waals surface area contributed by atoms with Crippen molar-refractivity contribution < 1.29 is 0 Å².